The summed E-state index contributed by atoms with van der Waals surface area (Å²) in [5.74, 6) is 1.17. The van der Waals surface area contributed by atoms with Crippen molar-refractivity contribution in [2.24, 2.45) is 10.9 Å². The standard InChI is InChI=1S/C22H35N5O.HI/c1-23-22(24-12-15-27-13-5-2-6-14-27)25-17-18-8-7-11-20(16-18)26-21(28)19-9-3-4-10-19;/h7-8,11,16,19H,2-6,9-10,12-15,17H2,1H3,(H,26,28)(H2,23,24,25);1H. The van der Waals surface area contributed by atoms with Crippen molar-refractivity contribution in [2.75, 3.05) is 38.5 Å². The quantitative estimate of drug-likeness (QED) is 0.296. The number of hydrogen-bond acceptors (Lipinski definition) is 3. The highest BCUT2D eigenvalue weighted by Gasteiger charge is 2.22. The third kappa shape index (κ3) is 8.12. The fraction of sp³-hybridized carbons (Fsp3) is 0.636. The molecule has 1 heterocycles. The number of carbonyl (C=O) groups excluding carboxylic acids is 1. The largest absolute Gasteiger partial charge is 0.355 e. The highest BCUT2D eigenvalue weighted by molar-refractivity contribution is 14.0. The number of amides is 1. The van der Waals surface area contributed by atoms with E-state index >= 15 is 0 Å². The van der Waals surface area contributed by atoms with E-state index in [1.165, 1.54) is 45.2 Å². The molecule has 1 aromatic rings. The van der Waals surface area contributed by atoms with E-state index in [1.54, 1.807) is 7.05 Å². The number of hydrogen-bond donors (Lipinski definition) is 3. The van der Waals surface area contributed by atoms with Crippen molar-refractivity contribution in [1.82, 2.24) is 15.5 Å². The third-order valence-electron chi connectivity index (χ3n) is 5.77. The van der Waals surface area contributed by atoms with E-state index in [9.17, 15) is 4.79 Å². The number of likely N-dealkylation sites (tertiary alicyclic amines) is 1. The van der Waals surface area contributed by atoms with Crippen LogP contribution in [0.3, 0.4) is 0 Å². The first kappa shape index (κ1) is 23.9. The van der Waals surface area contributed by atoms with Crippen LogP contribution in [0.2, 0.25) is 0 Å². The number of halogens is 1. The first-order chi connectivity index (χ1) is 13.7. The predicted molar refractivity (Wildman–Crippen MR) is 131 cm³/mol. The number of aliphatic imine (C=N–C) groups is 1. The molecule has 29 heavy (non-hydrogen) atoms. The summed E-state index contributed by atoms with van der Waals surface area (Å²) < 4.78 is 0. The average molecular weight is 513 g/mol. The number of carbonyl (C=O) groups is 1. The summed E-state index contributed by atoms with van der Waals surface area (Å²) in [4.78, 5) is 19.2. The monoisotopic (exact) mass is 513 g/mol. The summed E-state index contributed by atoms with van der Waals surface area (Å²) in [6, 6.07) is 8.07. The van der Waals surface area contributed by atoms with Crippen LogP contribution in [-0.2, 0) is 11.3 Å². The van der Waals surface area contributed by atoms with Crippen molar-refractivity contribution in [3.8, 4) is 0 Å². The van der Waals surface area contributed by atoms with Crippen LogP contribution in [-0.4, -0.2) is 50.0 Å². The Labute approximate surface area is 192 Å². The van der Waals surface area contributed by atoms with Gasteiger partial charge in [-0.05, 0) is 56.5 Å². The lowest BCUT2D eigenvalue weighted by Gasteiger charge is -2.26. The molecule has 2 aliphatic rings. The van der Waals surface area contributed by atoms with E-state index in [1.807, 2.05) is 18.2 Å². The van der Waals surface area contributed by atoms with E-state index in [-0.39, 0.29) is 35.8 Å². The lowest BCUT2D eigenvalue weighted by Crippen LogP contribution is -2.42. The first-order valence-electron chi connectivity index (χ1n) is 10.8. The van der Waals surface area contributed by atoms with E-state index in [2.05, 4.69) is 31.9 Å². The SMILES string of the molecule is CN=C(NCCN1CCCCC1)NCc1cccc(NC(=O)C2CCCC2)c1.I. The van der Waals surface area contributed by atoms with Gasteiger partial charge < -0.3 is 20.9 Å². The van der Waals surface area contributed by atoms with Crippen LogP contribution < -0.4 is 16.0 Å². The molecule has 0 spiro atoms. The van der Waals surface area contributed by atoms with E-state index in [4.69, 9.17) is 0 Å². The van der Waals surface area contributed by atoms with Crippen LogP contribution in [0.1, 0.15) is 50.5 Å². The maximum absolute atomic E-state index is 12.3. The number of nitrogens with zero attached hydrogens (tertiary/aromatic N) is 2. The Balaban J connectivity index is 0.00000300. The summed E-state index contributed by atoms with van der Waals surface area (Å²) in [6.45, 7) is 5.07. The Bertz CT molecular complexity index is 654. The van der Waals surface area contributed by atoms with Gasteiger partial charge in [-0.3, -0.25) is 9.79 Å². The van der Waals surface area contributed by atoms with Gasteiger partial charge in [0.1, 0.15) is 0 Å². The molecule has 1 saturated carbocycles. The fourth-order valence-corrected chi connectivity index (χ4v) is 4.11. The summed E-state index contributed by atoms with van der Waals surface area (Å²) in [5, 5.41) is 9.84. The molecule has 1 aliphatic heterocycles. The minimum Gasteiger partial charge on any atom is -0.355 e. The van der Waals surface area contributed by atoms with Gasteiger partial charge in [-0.2, -0.15) is 0 Å². The lowest BCUT2D eigenvalue weighted by atomic mass is 10.1. The molecule has 0 unspecified atom stereocenters. The Morgan fingerprint density at radius 1 is 1.10 bits per heavy atom. The number of guanidine groups is 1. The minimum absolute atomic E-state index is 0. The van der Waals surface area contributed by atoms with Crippen molar-refractivity contribution in [3.05, 3.63) is 29.8 Å². The van der Waals surface area contributed by atoms with Crippen molar-refractivity contribution in [2.45, 2.75) is 51.5 Å². The van der Waals surface area contributed by atoms with Crippen molar-refractivity contribution in [3.63, 3.8) is 0 Å². The zero-order chi connectivity index (χ0) is 19.6. The molecule has 7 heteroatoms. The van der Waals surface area contributed by atoms with Gasteiger partial charge in [0, 0.05) is 38.3 Å². The van der Waals surface area contributed by atoms with E-state index in [0.29, 0.717) is 6.54 Å². The Morgan fingerprint density at radius 2 is 1.86 bits per heavy atom. The maximum Gasteiger partial charge on any atom is 0.227 e. The Morgan fingerprint density at radius 3 is 2.59 bits per heavy atom. The molecular formula is C22H36IN5O. The van der Waals surface area contributed by atoms with Gasteiger partial charge in [-0.1, -0.05) is 31.4 Å². The van der Waals surface area contributed by atoms with Crippen molar-refractivity contribution < 1.29 is 4.79 Å². The molecule has 1 amide bonds. The summed E-state index contributed by atoms with van der Waals surface area (Å²) in [5.41, 5.74) is 2.01. The average Bonchev–Trinajstić information content (AvgIpc) is 3.27. The summed E-state index contributed by atoms with van der Waals surface area (Å²) >= 11 is 0. The number of piperidine rings is 1. The molecule has 162 valence electrons. The number of anilines is 1. The Hall–Kier alpha value is -1.35. The molecule has 0 aromatic heterocycles. The number of rotatable bonds is 7. The van der Waals surface area contributed by atoms with Crippen LogP contribution in [0.4, 0.5) is 5.69 Å². The van der Waals surface area contributed by atoms with E-state index < -0.39 is 0 Å². The van der Waals surface area contributed by atoms with Gasteiger partial charge in [0.05, 0.1) is 0 Å². The minimum atomic E-state index is 0. The lowest BCUT2D eigenvalue weighted by molar-refractivity contribution is -0.119. The van der Waals surface area contributed by atoms with Gasteiger partial charge in [-0.25, -0.2) is 0 Å². The second-order valence-electron chi connectivity index (χ2n) is 7.93. The molecule has 2 fully saturated rings. The van der Waals surface area contributed by atoms with Crippen molar-refractivity contribution in [1.29, 1.82) is 0 Å². The van der Waals surface area contributed by atoms with Crippen LogP contribution in [0.25, 0.3) is 0 Å². The molecule has 1 aromatic carbocycles. The van der Waals surface area contributed by atoms with Crippen molar-refractivity contribution >= 4 is 41.5 Å². The van der Waals surface area contributed by atoms with Crippen LogP contribution in [0, 0.1) is 5.92 Å². The maximum atomic E-state index is 12.3. The molecule has 0 bridgehead atoms. The van der Waals surface area contributed by atoms with Gasteiger partial charge >= 0.3 is 0 Å². The number of nitrogens with one attached hydrogen (secondary N) is 3. The molecule has 0 radical (unpaired) electrons. The highest BCUT2D eigenvalue weighted by Crippen LogP contribution is 2.26. The predicted octanol–water partition coefficient (Wildman–Crippen LogP) is 3.58. The molecular weight excluding hydrogens is 477 g/mol. The molecule has 6 nitrogen and oxygen atoms in total. The molecule has 1 saturated heterocycles. The Kier molecular flexibility index (Phi) is 10.8. The zero-order valence-corrected chi connectivity index (χ0v) is 19.9. The topological polar surface area (TPSA) is 68.8 Å². The zero-order valence-electron chi connectivity index (χ0n) is 17.6. The van der Waals surface area contributed by atoms with Gasteiger partial charge in [0.25, 0.3) is 0 Å². The second kappa shape index (κ2) is 13.1. The fourth-order valence-electron chi connectivity index (χ4n) is 4.11. The first-order valence-corrected chi connectivity index (χ1v) is 10.8. The molecule has 1 aliphatic carbocycles. The van der Waals surface area contributed by atoms with Crippen LogP contribution in [0.5, 0.6) is 0 Å². The normalized spacial score (nSPS) is 18.2. The van der Waals surface area contributed by atoms with Crippen LogP contribution in [0.15, 0.2) is 29.3 Å². The molecule has 0 atom stereocenters. The number of benzene rings is 1. The van der Waals surface area contributed by atoms with Gasteiger partial charge in [-0.15, -0.1) is 24.0 Å². The van der Waals surface area contributed by atoms with Gasteiger partial charge in [0.2, 0.25) is 5.91 Å². The summed E-state index contributed by atoms with van der Waals surface area (Å²) in [6.07, 6.45) is 8.39. The highest BCUT2D eigenvalue weighted by atomic mass is 127. The molecule has 3 rings (SSSR count). The second-order valence-corrected chi connectivity index (χ2v) is 7.93. The smallest absolute Gasteiger partial charge is 0.227 e. The third-order valence-corrected chi connectivity index (χ3v) is 5.77. The van der Waals surface area contributed by atoms with Crippen LogP contribution >= 0.6 is 24.0 Å². The van der Waals surface area contributed by atoms with E-state index in [0.717, 1.165) is 43.1 Å². The summed E-state index contributed by atoms with van der Waals surface area (Å²) in [7, 11) is 1.80. The molecule has 3 N–H and O–H groups in total. The van der Waals surface area contributed by atoms with Gasteiger partial charge in [0.15, 0.2) is 5.96 Å².